The average molecular weight is 275 g/mol. The number of amides is 1. The van der Waals surface area contributed by atoms with E-state index in [1.807, 2.05) is 24.3 Å². The van der Waals surface area contributed by atoms with Crippen molar-refractivity contribution in [3.63, 3.8) is 0 Å². The molecule has 1 amide bonds. The number of anilines is 2. The van der Waals surface area contributed by atoms with Gasteiger partial charge in [-0.3, -0.25) is 4.79 Å². The largest absolute Gasteiger partial charge is 0.396 e. The van der Waals surface area contributed by atoms with Crippen LogP contribution in [0.3, 0.4) is 0 Å². The van der Waals surface area contributed by atoms with E-state index >= 15 is 0 Å². The molecule has 0 fully saturated rings. The normalized spacial score (nSPS) is 10.4. The van der Waals surface area contributed by atoms with Crippen molar-refractivity contribution in [3.05, 3.63) is 36.2 Å². The molecule has 0 aliphatic carbocycles. The van der Waals surface area contributed by atoms with Crippen LogP contribution in [0.5, 0.6) is 0 Å². The first kappa shape index (κ1) is 14.0. The Bertz CT molecular complexity index is 582. The Balaban J connectivity index is 1.93. The second kappa shape index (κ2) is 6.67. The summed E-state index contributed by atoms with van der Waals surface area (Å²) in [7, 11) is 0. The van der Waals surface area contributed by atoms with Gasteiger partial charge in [-0.2, -0.15) is 0 Å². The molecule has 4 N–H and O–H groups in total. The van der Waals surface area contributed by atoms with Crippen LogP contribution in [0.1, 0.15) is 12.0 Å². The zero-order chi connectivity index (χ0) is 14.4. The monoisotopic (exact) mass is 275 g/mol. The lowest BCUT2D eigenvalue weighted by atomic mass is 10.1. The molecule has 2 rings (SSSR count). The van der Waals surface area contributed by atoms with E-state index < -0.39 is 0 Å². The summed E-state index contributed by atoms with van der Waals surface area (Å²) in [5, 5.41) is 15.4. The highest BCUT2D eigenvalue weighted by Gasteiger charge is 2.05. The van der Waals surface area contributed by atoms with Gasteiger partial charge in [-0.25, -0.2) is 9.67 Å². The first-order valence-corrected chi connectivity index (χ1v) is 6.32. The number of hydrogen-bond acceptors (Lipinski definition) is 5. The van der Waals surface area contributed by atoms with Crippen LogP contribution in [0.4, 0.5) is 11.6 Å². The highest BCUT2D eigenvalue weighted by atomic mass is 16.2. The van der Waals surface area contributed by atoms with Crippen molar-refractivity contribution in [3.8, 4) is 0 Å². The summed E-state index contributed by atoms with van der Waals surface area (Å²) in [6.45, 7) is 0.218. The predicted molar refractivity (Wildman–Crippen MR) is 74.9 cm³/mol. The molecule has 0 aliphatic rings. The van der Waals surface area contributed by atoms with Crippen molar-refractivity contribution in [2.24, 2.45) is 0 Å². The number of aromatic nitrogens is 3. The maximum atomic E-state index is 11.8. The minimum absolute atomic E-state index is 0.0606. The van der Waals surface area contributed by atoms with Crippen LogP contribution in [0.2, 0.25) is 0 Å². The zero-order valence-corrected chi connectivity index (χ0v) is 11.0. The summed E-state index contributed by atoms with van der Waals surface area (Å²) in [5.41, 5.74) is 7.17. The third-order valence-corrected chi connectivity index (χ3v) is 2.69. The van der Waals surface area contributed by atoms with Gasteiger partial charge in [-0.1, -0.05) is 12.1 Å². The molecule has 0 radical (unpaired) electrons. The molecule has 2 aromatic rings. The van der Waals surface area contributed by atoms with E-state index in [2.05, 4.69) is 15.4 Å². The van der Waals surface area contributed by atoms with E-state index in [9.17, 15) is 4.79 Å². The number of hydrogen-bond donors (Lipinski definition) is 3. The zero-order valence-electron chi connectivity index (χ0n) is 11.0. The highest BCUT2D eigenvalue weighted by Crippen LogP contribution is 2.12. The number of nitrogen functional groups attached to an aromatic ring is 1. The fourth-order valence-electron chi connectivity index (χ4n) is 1.82. The lowest BCUT2D eigenvalue weighted by Crippen LogP contribution is -2.19. The Morgan fingerprint density at radius 3 is 3.00 bits per heavy atom. The third kappa shape index (κ3) is 4.06. The summed E-state index contributed by atoms with van der Waals surface area (Å²) in [6.07, 6.45) is 2.89. The van der Waals surface area contributed by atoms with Crippen LogP contribution in [0.25, 0.3) is 0 Å². The summed E-state index contributed by atoms with van der Waals surface area (Å²) in [6, 6.07) is 7.54. The van der Waals surface area contributed by atoms with Crippen LogP contribution in [-0.4, -0.2) is 32.4 Å². The van der Waals surface area contributed by atoms with Crippen LogP contribution < -0.4 is 11.1 Å². The van der Waals surface area contributed by atoms with Gasteiger partial charge in [0, 0.05) is 12.3 Å². The van der Waals surface area contributed by atoms with E-state index in [-0.39, 0.29) is 25.0 Å². The first-order valence-electron chi connectivity index (χ1n) is 6.32. The van der Waals surface area contributed by atoms with Gasteiger partial charge in [0.05, 0.1) is 0 Å². The summed E-state index contributed by atoms with van der Waals surface area (Å²) in [4.78, 5) is 15.6. The van der Waals surface area contributed by atoms with Crippen molar-refractivity contribution in [2.45, 2.75) is 19.4 Å². The molecule has 0 bridgehead atoms. The quantitative estimate of drug-likeness (QED) is 0.708. The number of carbonyl (C=O) groups excluding carboxylic acids is 1. The summed E-state index contributed by atoms with van der Waals surface area (Å²) >= 11 is 0. The fourth-order valence-corrected chi connectivity index (χ4v) is 1.82. The summed E-state index contributed by atoms with van der Waals surface area (Å²) < 4.78 is 1.38. The molecule has 1 aromatic heterocycles. The minimum atomic E-state index is -0.200. The van der Waals surface area contributed by atoms with Crippen molar-refractivity contribution >= 4 is 17.5 Å². The van der Waals surface area contributed by atoms with Gasteiger partial charge in [0.15, 0.2) is 0 Å². The van der Waals surface area contributed by atoms with Gasteiger partial charge >= 0.3 is 0 Å². The molecule has 1 aromatic carbocycles. The number of rotatable bonds is 6. The minimum Gasteiger partial charge on any atom is -0.396 e. The molecule has 0 atom stereocenters. The van der Waals surface area contributed by atoms with E-state index in [4.69, 9.17) is 10.8 Å². The van der Waals surface area contributed by atoms with Crippen LogP contribution in [0, 0.1) is 0 Å². The van der Waals surface area contributed by atoms with E-state index in [0.29, 0.717) is 6.42 Å². The van der Waals surface area contributed by atoms with Gasteiger partial charge in [-0.05, 0) is 30.5 Å². The van der Waals surface area contributed by atoms with Gasteiger partial charge in [0.2, 0.25) is 11.9 Å². The van der Waals surface area contributed by atoms with Crippen LogP contribution in [0.15, 0.2) is 30.6 Å². The lowest BCUT2D eigenvalue weighted by molar-refractivity contribution is -0.116. The third-order valence-electron chi connectivity index (χ3n) is 2.69. The SMILES string of the molecule is Nc1ncn(CC(=O)Nc2cccc(CCCO)c2)n1. The maximum Gasteiger partial charge on any atom is 0.246 e. The smallest absolute Gasteiger partial charge is 0.246 e. The van der Waals surface area contributed by atoms with Gasteiger partial charge in [0.1, 0.15) is 12.9 Å². The van der Waals surface area contributed by atoms with Gasteiger partial charge in [-0.15, -0.1) is 5.10 Å². The second-order valence-corrected chi connectivity index (χ2v) is 4.38. The van der Waals surface area contributed by atoms with Crippen molar-refractivity contribution in [1.29, 1.82) is 0 Å². The molecule has 0 saturated heterocycles. The van der Waals surface area contributed by atoms with Crippen LogP contribution in [-0.2, 0) is 17.8 Å². The molecule has 0 spiro atoms. The molecular weight excluding hydrogens is 258 g/mol. The number of benzene rings is 1. The number of aliphatic hydroxyl groups is 1. The Morgan fingerprint density at radius 2 is 2.30 bits per heavy atom. The fraction of sp³-hybridized carbons (Fsp3) is 0.308. The molecular formula is C13H17N5O2. The number of carbonyl (C=O) groups is 1. The second-order valence-electron chi connectivity index (χ2n) is 4.38. The van der Waals surface area contributed by atoms with Crippen molar-refractivity contribution in [1.82, 2.24) is 14.8 Å². The Labute approximate surface area is 116 Å². The number of nitrogens with zero attached hydrogens (tertiary/aromatic N) is 3. The Kier molecular flexibility index (Phi) is 4.67. The molecule has 106 valence electrons. The Morgan fingerprint density at radius 1 is 1.45 bits per heavy atom. The molecule has 7 nitrogen and oxygen atoms in total. The standard InChI is InChI=1S/C13H17N5O2/c14-13-15-9-18(17-13)8-12(20)16-11-5-1-3-10(7-11)4-2-6-19/h1,3,5,7,9,19H,2,4,6,8H2,(H2,14,17)(H,16,20). The molecule has 20 heavy (non-hydrogen) atoms. The van der Waals surface area contributed by atoms with E-state index in [1.54, 1.807) is 0 Å². The topological polar surface area (TPSA) is 106 Å². The molecule has 0 unspecified atom stereocenters. The first-order chi connectivity index (χ1) is 9.67. The average Bonchev–Trinajstić information content (AvgIpc) is 2.82. The number of nitrogens with two attached hydrogens (primary N) is 1. The number of aryl methyl sites for hydroxylation is 1. The summed E-state index contributed by atoms with van der Waals surface area (Å²) in [5.74, 6) is -0.0574. The van der Waals surface area contributed by atoms with E-state index in [1.165, 1.54) is 11.0 Å². The van der Waals surface area contributed by atoms with Gasteiger partial charge < -0.3 is 16.2 Å². The van der Waals surface area contributed by atoms with Crippen molar-refractivity contribution < 1.29 is 9.90 Å². The number of aliphatic hydroxyl groups excluding tert-OH is 1. The van der Waals surface area contributed by atoms with Gasteiger partial charge in [0.25, 0.3) is 0 Å². The Hall–Kier alpha value is -2.41. The molecule has 0 aliphatic heterocycles. The molecule has 1 heterocycles. The maximum absolute atomic E-state index is 11.8. The molecule has 0 saturated carbocycles. The van der Waals surface area contributed by atoms with Crippen molar-refractivity contribution in [2.75, 3.05) is 17.7 Å². The molecule has 7 heteroatoms. The van der Waals surface area contributed by atoms with E-state index in [0.717, 1.165) is 17.7 Å². The highest BCUT2D eigenvalue weighted by molar-refractivity contribution is 5.90. The lowest BCUT2D eigenvalue weighted by Gasteiger charge is -2.07. The predicted octanol–water partition coefficient (Wildman–Crippen LogP) is 0.424. The van der Waals surface area contributed by atoms with Crippen LogP contribution >= 0.6 is 0 Å². The number of nitrogens with one attached hydrogen (secondary N) is 1.